The number of allylic oxidation sites excluding steroid dienone is 4. The molecule has 1 saturated heterocycles. The summed E-state index contributed by atoms with van der Waals surface area (Å²) in [7, 11) is 0. The number of aromatic amines is 2. The smallest absolute Gasteiger partial charge is 0.169 e. The Morgan fingerprint density at radius 2 is 1.94 bits per heavy atom. The van der Waals surface area contributed by atoms with Gasteiger partial charge in [0.05, 0.1) is 17.1 Å². The number of aromatic nitrogens is 2. The van der Waals surface area contributed by atoms with Crippen LogP contribution in [0.4, 0.5) is 0 Å². The maximum Gasteiger partial charge on any atom is 0.169 e. The molecule has 5 heteroatoms. The van der Waals surface area contributed by atoms with Crippen LogP contribution in [0.1, 0.15) is 78.5 Å². The van der Waals surface area contributed by atoms with Crippen molar-refractivity contribution < 1.29 is 4.79 Å². The largest absolute Gasteiger partial charge is 0.381 e. The number of nitrogens with one attached hydrogen (secondary N) is 3. The minimum absolute atomic E-state index is 0.187. The molecule has 0 radical (unpaired) electrons. The average Bonchev–Trinajstić information content (AvgIpc) is 3.58. The molecule has 5 nitrogen and oxygen atoms in total. The lowest BCUT2D eigenvalue weighted by molar-refractivity contribution is 0.100. The molecule has 0 aromatic carbocycles. The summed E-state index contributed by atoms with van der Waals surface area (Å²) >= 11 is 0. The summed E-state index contributed by atoms with van der Waals surface area (Å²) < 4.78 is 0. The van der Waals surface area contributed by atoms with Gasteiger partial charge in [0.1, 0.15) is 0 Å². The fourth-order valence-corrected chi connectivity index (χ4v) is 6.18. The molecule has 3 N–H and O–H groups in total. The van der Waals surface area contributed by atoms with E-state index in [9.17, 15) is 4.79 Å². The predicted molar refractivity (Wildman–Crippen MR) is 144 cm³/mol. The van der Waals surface area contributed by atoms with Gasteiger partial charge in [-0.3, -0.25) is 4.79 Å². The van der Waals surface area contributed by atoms with Crippen molar-refractivity contribution >= 4 is 41.4 Å². The van der Waals surface area contributed by atoms with Gasteiger partial charge in [-0.25, -0.2) is 4.99 Å². The fraction of sp³-hybridized carbons (Fsp3) is 0.333. The van der Waals surface area contributed by atoms with Crippen LogP contribution in [0.3, 0.4) is 0 Å². The normalized spacial score (nSPS) is 28.2. The Balaban J connectivity index is 1.68. The molecule has 6 rings (SSSR count). The molecule has 1 aliphatic carbocycles. The minimum atomic E-state index is 0.187. The van der Waals surface area contributed by atoms with Gasteiger partial charge >= 0.3 is 0 Å². The second kappa shape index (κ2) is 7.70. The third kappa shape index (κ3) is 3.14. The first-order valence-electron chi connectivity index (χ1n) is 12.6. The second-order valence-electron chi connectivity index (χ2n) is 10.3. The highest BCUT2D eigenvalue weighted by Crippen LogP contribution is 2.41. The van der Waals surface area contributed by atoms with Crippen LogP contribution in [0.5, 0.6) is 0 Å². The van der Waals surface area contributed by atoms with Gasteiger partial charge in [-0.2, -0.15) is 0 Å². The average molecular weight is 465 g/mol. The first kappa shape index (κ1) is 21.9. The number of carbonyl (C=O) groups excluding carboxylic acids is 1. The van der Waals surface area contributed by atoms with E-state index < -0.39 is 0 Å². The number of ketones is 1. The molecular weight excluding hydrogens is 432 g/mol. The Morgan fingerprint density at radius 3 is 2.69 bits per heavy atom. The van der Waals surface area contributed by atoms with Crippen LogP contribution in [0, 0.1) is 19.8 Å². The summed E-state index contributed by atoms with van der Waals surface area (Å²) in [5, 5.41) is 5.92. The van der Waals surface area contributed by atoms with Crippen molar-refractivity contribution in [1.29, 1.82) is 0 Å². The zero-order valence-corrected chi connectivity index (χ0v) is 21.1. The van der Waals surface area contributed by atoms with E-state index >= 15 is 0 Å². The number of hydrogen-bond acceptors (Lipinski definition) is 3. The standard InChI is InChI=1S/C30H32N4O/c1-7-18-15(4)22-11-21-14(3)9-25(31-21)20-10-28(35)29-17(6)24(34-30(20)29)13-27-19(8-2)16(5)23(33-27)12-26(18)32-22/h7,11-14,21,31-32,34H,1,8-10H2,2-6H3/b22-11+,25-20-,26-12-,27-13-/t14-,21?/m0/s1. The van der Waals surface area contributed by atoms with E-state index in [0.717, 1.165) is 68.6 Å². The van der Waals surface area contributed by atoms with Crippen molar-refractivity contribution in [1.82, 2.24) is 15.3 Å². The third-order valence-electron chi connectivity index (χ3n) is 8.27. The monoisotopic (exact) mass is 464 g/mol. The number of carbonyl (C=O) groups is 1. The van der Waals surface area contributed by atoms with Gasteiger partial charge in [0.25, 0.3) is 0 Å². The van der Waals surface area contributed by atoms with Crippen LogP contribution in [0.2, 0.25) is 0 Å². The summed E-state index contributed by atoms with van der Waals surface area (Å²) in [6.07, 6.45) is 10.8. The molecule has 178 valence electrons. The number of nitrogens with zero attached hydrogens (tertiary/aromatic N) is 1. The molecule has 4 aliphatic rings. The van der Waals surface area contributed by atoms with E-state index in [4.69, 9.17) is 4.99 Å². The molecule has 8 bridgehead atoms. The molecule has 0 saturated carbocycles. The number of rotatable bonds is 2. The molecule has 2 atom stereocenters. The molecule has 0 amide bonds. The van der Waals surface area contributed by atoms with Crippen molar-refractivity contribution in [3.8, 4) is 0 Å². The van der Waals surface area contributed by atoms with Crippen molar-refractivity contribution in [2.45, 2.75) is 59.9 Å². The van der Waals surface area contributed by atoms with E-state index in [1.807, 2.05) is 6.08 Å². The molecular formula is C30H32N4O. The highest BCUT2D eigenvalue weighted by molar-refractivity contribution is 6.23. The first-order chi connectivity index (χ1) is 16.8. The van der Waals surface area contributed by atoms with Crippen molar-refractivity contribution in [3.63, 3.8) is 0 Å². The highest BCUT2D eigenvalue weighted by atomic mass is 16.1. The van der Waals surface area contributed by atoms with Crippen molar-refractivity contribution in [3.05, 3.63) is 73.5 Å². The SMILES string of the molecule is C=Cc1c(C)/c2[nH]/c1=C\C1=NC(=C\c3[nH]c4c(c3C)C(=O)C/C4=C3\C[C@H](C)C(/C=2)N3)/C(CC)=C1C. The first-order valence-corrected chi connectivity index (χ1v) is 12.6. The molecule has 1 unspecified atom stereocenters. The number of H-pyrrole nitrogens is 2. The maximum absolute atomic E-state index is 13.1. The van der Waals surface area contributed by atoms with Gasteiger partial charge in [-0.1, -0.05) is 26.5 Å². The Bertz CT molecular complexity index is 1580. The van der Waals surface area contributed by atoms with E-state index in [1.54, 1.807) is 0 Å². The maximum atomic E-state index is 13.1. The summed E-state index contributed by atoms with van der Waals surface area (Å²) in [6, 6.07) is 0.187. The molecule has 35 heavy (non-hydrogen) atoms. The van der Waals surface area contributed by atoms with E-state index in [-0.39, 0.29) is 11.8 Å². The summed E-state index contributed by atoms with van der Waals surface area (Å²) in [4.78, 5) is 25.4. The van der Waals surface area contributed by atoms with Gasteiger partial charge < -0.3 is 15.3 Å². The third-order valence-corrected chi connectivity index (χ3v) is 8.27. The zero-order chi connectivity index (χ0) is 24.6. The molecule has 2 aromatic rings. The van der Waals surface area contributed by atoms with Crippen LogP contribution in [0.15, 0.2) is 34.1 Å². The number of Topliss-reactive ketones (excluding diaryl/α,β-unsaturated/α-hetero) is 1. The highest BCUT2D eigenvalue weighted by Gasteiger charge is 2.35. The molecule has 3 aliphatic heterocycles. The molecule has 2 aromatic heterocycles. The number of aliphatic imine (C=N–C) groups is 1. The van der Waals surface area contributed by atoms with Crippen LogP contribution in [-0.2, 0) is 0 Å². The number of fused-ring (bicyclic) bond motifs is 6. The van der Waals surface area contributed by atoms with Gasteiger partial charge in [-0.05, 0) is 80.0 Å². The van der Waals surface area contributed by atoms with E-state index in [0.29, 0.717) is 12.3 Å². The lowest BCUT2D eigenvalue weighted by Gasteiger charge is -2.11. The van der Waals surface area contributed by atoms with Crippen LogP contribution in [0.25, 0.3) is 29.9 Å². The Labute approximate surface area is 205 Å². The molecule has 1 fully saturated rings. The summed E-state index contributed by atoms with van der Waals surface area (Å²) in [5.74, 6) is 0.626. The van der Waals surface area contributed by atoms with Crippen LogP contribution >= 0.6 is 0 Å². The van der Waals surface area contributed by atoms with E-state index in [2.05, 4.69) is 74.7 Å². The summed E-state index contributed by atoms with van der Waals surface area (Å²) in [5.41, 5.74) is 12.8. The fourth-order valence-electron chi connectivity index (χ4n) is 6.18. The van der Waals surface area contributed by atoms with Crippen LogP contribution in [-0.4, -0.2) is 27.5 Å². The summed E-state index contributed by atoms with van der Waals surface area (Å²) in [6.45, 7) is 14.9. The lowest BCUT2D eigenvalue weighted by Crippen LogP contribution is -2.26. The van der Waals surface area contributed by atoms with Gasteiger partial charge in [0.15, 0.2) is 5.78 Å². The Hall–Kier alpha value is -3.60. The van der Waals surface area contributed by atoms with Crippen LogP contribution < -0.4 is 16.0 Å². The topological polar surface area (TPSA) is 73.0 Å². The minimum Gasteiger partial charge on any atom is -0.381 e. The molecule has 0 spiro atoms. The number of hydrogen-bond donors (Lipinski definition) is 3. The predicted octanol–water partition coefficient (Wildman–Crippen LogP) is 4.69. The second-order valence-corrected chi connectivity index (χ2v) is 10.3. The van der Waals surface area contributed by atoms with E-state index in [1.165, 1.54) is 22.4 Å². The Kier molecular flexibility index (Phi) is 4.82. The van der Waals surface area contributed by atoms with Gasteiger partial charge in [-0.15, -0.1) is 0 Å². The van der Waals surface area contributed by atoms with Gasteiger partial charge in [0, 0.05) is 51.3 Å². The zero-order valence-electron chi connectivity index (χ0n) is 21.1. The lowest BCUT2D eigenvalue weighted by atomic mass is 10.00. The quantitative estimate of drug-likeness (QED) is 0.603. The molecule has 5 heterocycles. The van der Waals surface area contributed by atoms with Gasteiger partial charge in [0.2, 0.25) is 0 Å². The van der Waals surface area contributed by atoms with Crippen molar-refractivity contribution in [2.24, 2.45) is 10.9 Å². The van der Waals surface area contributed by atoms with Crippen molar-refractivity contribution in [2.75, 3.05) is 0 Å². The Morgan fingerprint density at radius 1 is 1.14 bits per heavy atom.